The van der Waals surface area contributed by atoms with Gasteiger partial charge in [-0.25, -0.2) is 12.7 Å². The van der Waals surface area contributed by atoms with Gasteiger partial charge in [0.2, 0.25) is 10.0 Å². The third-order valence-electron chi connectivity index (χ3n) is 6.02. The molecule has 1 N–H and O–H groups in total. The van der Waals surface area contributed by atoms with E-state index in [1.807, 2.05) is 13.1 Å². The third kappa shape index (κ3) is 3.96. The van der Waals surface area contributed by atoms with Crippen LogP contribution in [0.2, 0.25) is 0 Å². The molecule has 1 aliphatic rings. The molecule has 3 heterocycles. The number of benzene rings is 1. The van der Waals surface area contributed by atoms with Gasteiger partial charge in [-0.1, -0.05) is 19.9 Å². The Kier molecular flexibility index (Phi) is 5.25. The number of hydrogen-bond acceptors (Lipinski definition) is 3. The van der Waals surface area contributed by atoms with E-state index < -0.39 is 10.0 Å². The van der Waals surface area contributed by atoms with Gasteiger partial charge < -0.3 is 4.98 Å². The molecule has 1 fully saturated rings. The number of sulfonamides is 1. The Bertz CT molecular complexity index is 1140. The first-order valence-electron chi connectivity index (χ1n) is 10.3. The topological polar surface area (TPSA) is 66.1 Å². The zero-order chi connectivity index (χ0) is 20.8. The van der Waals surface area contributed by atoms with Gasteiger partial charge in [0.25, 0.3) is 0 Å². The Morgan fingerprint density at radius 3 is 2.48 bits per heavy atom. The number of pyridine rings is 1. The molecule has 1 aromatic carbocycles. The van der Waals surface area contributed by atoms with Crippen LogP contribution in [0.1, 0.15) is 55.3 Å². The van der Waals surface area contributed by atoms with Crippen molar-refractivity contribution in [2.75, 3.05) is 19.3 Å². The number of aryl methyl sites for hydroxylation is 1. The second-order valence-corrected chi connectivity index (χ2v) is 10.5. The predicted octanol–water partition coefficient (Wildman–Crippen LogP) is 4.80. The van der Waals surface area contributed by atoms with Crippen LogP contribution in [0.5, 0.6) is 0 Å². The standard InChI is InChI=1S/C23H29N3O2S/c1-15(2)22-20-14-18(17-8-11-26(12-9-17)29(4,27)28)5-6-21(20)25-23(22)19-7-10-24-16(3)13-19/h5-7,10,13-15,17,25H,8-9,11-12H2,1-4H3. The minimum absolute atomic E-state index is 0.384. The molecule has 2 aromatic heterocycles. The summed E-state index contributed by atoms with van der Waals surface area (Å²) >= 11 is 0. The molecule has 0 amide bonds. The molecule has 3 aromatic rings. The van der Waals surface area contributed by atoms with E-state index in [4.69, 9.17) is 0 Å². The summed E-state index contributed by atoms with van der Waals surface area (Å²) in [7, 11) is -3.09. The van der Waals surface area contributed by atoms with Crippen LogP contribution in [0.3, 0.4) is 0 Å². The van der Waals surface area contributed by atoms with Crippen molar-refractivity contribution in [2.24, 2.45) is 0 Å². The van der Waals surface area contributed by atoms with E-state index in [-0.39, 0.29) is 0 Å². The largest absolute Gasteiger partial charge is 0.354 e. The number of hydrogen-bond donors (Lipinski definition) is 1. The van der Waals surface area contributed by atoms with Crippen molar-refractivity contribution >= 4 is 20.9 Å². The molecule has 0 atom stereocenters. The highest BCUT2D eigenvalue weighted by molar-refractivity contribution is 7.88. The van der Waals surface area contributed by atoms with Crippen molar-refractivity contribution in [3.05, 3.63) is 53.3 Å². The normalized spacial score (nSPS) is 16.7. The Hall–Kier alpha value is -2.18. The predicted molar refractivity (Wildman–Crippen MR) is 119 cm³/mol. The molecular formula is C23H29N3O2S. The average Bonchev–Trinajstić information content (AvgIpc) is 3.06. The van der Waals surface area contributed by atoms with Crippen molar-refractivity contribution < 1.29 is 8.42 Å². The summed E-state index contributed by atoms with van der Waals surface area (Å²) in [5.74, 6) is 0.786. The van der Waals surface area contributed by atoms with Crippen LogP contribution in [0.4, 0.5) is 0 Å². The van der Waals surface area contributed by atoms with E-state index in [1.165, 1.54) is 34.0 Å². The molecular weight excluding hydrogens is 382 g/mol. The van der Waals surface area contributed by atoms with Gasteiger partial charge in [-0.2, -0.15) is 0 Å². The highest BCUT2D eigenvalue weighted by Crippen LogP contribution is 2.38. The minimum Gasteiger partial charge on any atom is -0.354 e. The van der Waals surface area contributed by atoms with Crippen LogP contribution < -0.4 is 0 Å². The highest BCUT2D eigenvalue weighted by Gasteiger charge is 2.26. The molecule has 6 heteroatoms. The Labute approximate surface area is 173 Å². The Morgan fingerprint density at radius 2 is 1.86 bits per heavy atom. The summed E-state index contributed by atoms with van der Waals surface area (Å²) in [6, 6.07) is 10.9. The fourth-order valence-corrected chi connectivity index (χ4v) is 5.41. The van der Waals surface area contributed by atoms with E-state index in [0.29, 0.717) is 24.9 Å². The van der Waals surface area contributed by atoms with Crippen LogP contribution >= 0.6 is 0 Å². The van der Waals surface area contributed by atoms with Crippen LogP contribution in [-0.2, 0) is 10.0 Å². The van der Waals surface area contributed by atoms with E-state index in [1.54, 1.807) is 4.31 Å². The van der Waals surface area contributed by atoms with E-state index >= 15 is 0 Å². The number of nitrogens with zero attached hydrogens (tertiary/aromatic N) is 2. The number of nitrogens with one attached hydrogen (secondary N) is 1. The fourth-order valence-electron chi connectivity index (χ4n) is 4.53. The van der Waals surface area contributed by atoms with Crippen molar-refractivity contribution in [2.45, 2.75) is 45.4 Å². The second-order valence-electron chi connectivity index (χ2n) is 8.50. The molecule has 0 bridgehead atoms. The van der Waals surface area contributed by atoms with E-state index in [0.717, 1.165) is 24.1 Å². The van der Waals surface area contributed by atoms with Crippen LogP contribution in [0, 0.1) is 6.92 Å². The van der Waals surface area contributed by atoms with Gasteiger partial charge in [0.05, 0.1) is 11.9 Å². The Balaban J connectivity index is 1.72. The average molecular weight is 412 g/mol. The first-order chi connectivity index (χ1) is 13.7. The fraction of sp³-hybridized carbons (Fsp3) is 0.435. The number of H-pyrrole nitrogens is 1. The van der Waals surface area contributed by atoms with Gasteiger partial charge in [0.1, 0.15) is 0 Å². The maximum Gasteiger partial charge on any atom is 0.211 e. The van der Waals surface area contributed by atoms with Crippen LogP contribution in [-0.4, -0.2) is 42.0 Å². The third-order valence-corrected chi connectivity index (χ3v) is 7.32. The molecule has 0 saturated carbocycles. The quantitative estimate of drug-likeness (QED) is 0.670. The van der Waals surface area contributed by atoms with Crippen molar-refractivity contribution in [3.63, 3.8) is 0 Å². The molecule has 5 nitrogen and oxygen atoms in total. The zero-order valence-electron chi connectivity index (χ0n) is 17.6. The van der Waals surface area contributed by atoms with Crippen molar-refractivity contribution in [1.29, 1.82) is 0 Å². The zero-order valence-corrected chi connectivity index (χ0v) is 18.4. The monoisotopic (exact) mass is 411 g/mol. The molecule has 1 saturated heterocycles. The van der Waals surface area contributed by atoms with Gasteiger partial charge >= 0.3 is 0 Å². The first kappa shape index (κ1) is 20.1. The van der Waals surface area contributed by atoms with E-state index in [2.05, 4.69) is 54.1 Å². The van der Waals surface area contributed by atoms with Gasteiger partial charge in [-0.3, -0.25) is 4.98 Å². The van der Waals surface area contributed by atoms with Gasteiger partial charge in [0, 0.05) is 41.4 Å². The SMILES string of the molecule is Cc1cc(-c2[nH]c3ccc(C4CCN(S(C)(=O)=O)CC4)cc3c2C(C)C)ccn1. The van der Waals surface area contributed by atoms with Crippen molar-refractivity contribution in [3.8, 4) is 11.3 Å². The number of aromatic nitrogens is 2. The van der Waals surface area contributed by atoms with Crippen LogP contribution in [0.25, 0.3) is 22.2 Å². The molecule has 29 heavy (non-hydrogen) atoms. The Morgan fingerprint density at radius 1 is 1.14 bits per heavy atom. The molecule has 0 aliphatic carbocycles. The summed E-state index contributed by atoms with van der Waals surface area (Å²) < 4.78 is 25.2. The summed E-state index contributed by atoms with van der Waals surface area (Å²) in [6.07, 6.45) is 4.91. The molecule has 154 valence electrons. The lowest BCUT2D eigenvalue weighted by molar-refractivity contribution is 0.321. The summed E-state index contributed by atoms with van der Waals surface area (Å²) in [4.78, 5) is 7.96. The van der Waals surface area contributed by atoms with Gasteiger partial charge in [-0.15, -0.1) is 0 Å². The second kappa shape index (κ2) is 7.58. The molecule has 0 unspecified atom stereocenters. The van der Waals surface area contributed by atoms with Crippen molar-refractivity contribution in [1.82, 2.24) is 14.3 Å². The molecule has 4 rings (SSSR count). The maximum absolute atomic E-state index is 11.8. The van der Waals surface area contributed by atoms with Crippen LogP contribution in [0.15, 0.2) is 36.5 Å². The van der Waals surface area contributed by atoms with E-state index in [9.17, 15) is 8.42 Å². The molecule has 0 radical (unpaired) electrons. The number of aromatic amines is 1. The highest BCUT2D eigenvalue weighted by atomic mass is 32.2. The molecule has 0 spiro atoms. The lowest BCUT2D eigenvalue weighted by Crippen LogP contribution is -2.37. The smallest absolute Gasteiger partial charge is 0.211 e. The summed E-state index contributed by atoms with van der Waals surface area (Å²) in [6.45, 7) is 7.69. The lowest BCUT2D eigenvalue weighted by atomic mass is 9.88. The maximum atomic E-state index is 11.8. The van der Waals surface area contributed by atoms with Gasteiger partial charge in [-0.05, 0) is 67.0 Å². The molecule has 1 aliphatic heterocycles. The number of rotatable bonds is 4. The summed E-state index contributed by atoms with van der Waals surface area (Å²) in [5.41, 5.74) is 7.14. The summed E-state index contributed by atoms with van der Waals surface area (Å²) in [5, 5.41) is 1.27. The van der Waals surface area contributed by atoms with Gasteiger partial charge in [0.15, 0.2) is 0 Å². The first-order valence-corrected chi connectivity index (χ1v) is 12.1. The number of fused-ring (bicyclic) bond motifs is 1. The lowest BCUT2D eigenvalue weighted by Gasteiger charge is -2.30. The number of piperidine rings is 1. The minimum atomic E-state index is -3.09.